The van der Waals surface area contributed by atoms with Crippen molar-refractivity contribution in [1.29, 1.82) is 0 Å². The molecule has 0 aliphatic rings. The second-order valence-electron chi connectivity index (χ2n) is 1.84. The standard InChI is InChI=1S/C5H6O3S2.Na.H/c1-4-2-3-5(9-4)10(6,7)8;;/h2-3H,1H3,(H,6,7,8);;/q;+1;-1. The van der Waals surface area contributed by atoms with Crippen LogP contribution in [0.15, 0.2) is 16.3 Å². The van der Waals surface area contributed by atoms with E-state index in [0.29, 0.717) is 0 Å². The molecule has 3 nitrogen and oxygen atoms in total. The molecule has 1 N–H and O–H groups in total. The molecule has 0 aromatic carbocycles. The van der Waals surface area contributed by atoms with Crippen LogP contribution >= 0.6 is 11.3 Å². The van der Waals surface area contributed by atoms with Crippen molar-refractivity contribution in [3.05, 3.63) is 17.0 Å². The molecule has 0 fully saturated rings. The van der Waals surface area contributed by atoms with Gasteiger partial charge in [0.1, 0.15) is 4.21 Å². The van der Waals surface area contributed by atoms with Gasteiger partial charge in [-0.2, -0.15) is 8.42 Å². The molecule has 58 valence electrons. The predicted molar refractivity (Wildman–Crippen MR) is 40.0 cm³/mol. The van der Waals surface area contributed by atoms with Gasteiger partial charge in [-0.1, -0.05) is 0 Å². The molecule has 0 saturated heterocycles. The van der Waals surface area contributed by atoms with E-state index in [-0.39, 0.29) is 35.2 Å². The average molecular weight is 202 g/mol. The van der Waals surface area contributed by atoms with Crippen molar-refractivity contribution in [3.63, 3.8) is 0 Å². The van der Waals surface area contributed by atoms with E-state index >= 15 is 0 Å². The Morgan fingerprint density at radius 1 is 1.55 bits per heavy atom. The largest absolute Gasteiger partial charge is 1.00 e. The molecule has 1 rings (SSSR count). The molecule has 0 aliphatic carbocycles. The van der Waals surface area contributed by atoms with Crippen LogP contribution in [0.1, 0.15) is 6.30 Å². The van der Waals surface area contributed by atoms with Gasteiger partial charge in [0.25, 0.3) is 0 Å². The van der Waals surface area contributed by atoms with Crippen molar-refractivity contribution in [2.45, 2.75) is 11.1 Å². The van der Waals surface area contributed by atoms with E-state index < -0.39 is 10.1 Å². The molecule has 0 saturated carbocycles. The summed E-state index contributed by atoms with van der Waals surface area (Å²) >= 11 is 1.06. The Balaban J connectivity index is 0. The number of rotatable bonds is 1. The van der Waals surface area contributed by atoms with Crippen molar-refractivity contribution in [2.75, 3.05) is 0 Å². The molecule has 6 heteroatoms. The molecule has 11 heavy (non-hydrogen) atoms. The summed E-state index contributed by atoms with van der Waals surface area (Å²) < 4.78 is 29.3. The van der Waals surface area contributed by atoms with Gasteiger partial charge in [-0.05, 0) is 19.1 Å². The van der Waals surface area contributed by atoms with Crippen LogP contribution in [-0.2, 0) is 10.1 Å². The fraction of sp³-hybridized carbons (Fsp3) is 0.200. The van der Waals surface area contributed by atoms with E-state index in [9.17, 15) is 8.42 Å². The third-order valence-electron chi connectivity index (χ3n) is 0.970. The van der Waals surface area contributed by atoms with Crippen LogP contribution in [0, 0.1) is 6.92 Å². The summed E-state index contributed by atoms with van der Waals surface area (Å²) in [5.74, 6) is 0. The molecule has 0 spiro atoms. The van der Waals surface area contributed by atoms with Gasteiger partial charge in [0.2, 0.25) is 0 Å². The van der Waals surface area contributed by atoms with E-state index in [2.05, 4.69) is 0 Å². The number of hydrogen-bond donors (Lipinski definition) is 1. The fourth-order valence-electron chi connectivity index (χ4n) is 0.551. The van der Waals surface area contributed by atoms with Gasteiger partial charge < -0.3 is 1.43 Å². The van der Waals surface area contributed by atoms with Crippen molar-refractivity contribution < 1.29 is 44.0 Å². The van der Waals surface area contributed by atoms with Gasteiger partial charge in [0.15, 0.2) is 0 Å². The van der Waals surface area contributed by atoms with E-state index in [1.54, 1.807) is 13.0 Å². The molecular weight excluding hydrogens is 195 g/mol. The normalized spacial score (nSPS) is 10.7. The van der Waals surface area contributed by atoms with Crippen molar-refractivity contribution in [1.82, 2.24) is 0 Å². The average Bonchev–Trinajstić information content (AvgIpc) is 2.11. The summed E-state index contributed by atoms with van der Waals surface area (Å²) in [6, 6.07) is 3.03. The number of hydrogen-bond acceptors (Lipinski definition) is 3. The van der Waals surface area contributed by atoms with Crippen LogP contribution in [0.2, 0.25) is 0 Å². The minimum Gasteiger partial charge on any atom is -1.00 e. The third kappa shape index (κ3) is 3.23. The molecular formula is C5H7NaO3S2. The molecule has 0 bridgehead atoms. The Morgan fingerprint density at radius 2 is 2.09 bits per heavy atom. The van der Waals surface area contributed by atoms with Gasteiger partial charge in [-0.15, -0.1) is 11.3 Å². The number of aryl methyl sites for hydroxylation is 1. The molecule has 0 radical (unpaired) electrons. The molecule has 0 atom stereocenters. The SMILES string of the molecule is Cc1ccc(S(=O)(=O)O)s1.[H-].[Na+]. The fourth-order valence-corrected chi connectivity index (χ4v) is 2.20. The summed E-state index contributed by atoms with van der Waals surface area (Å²) in [5, 5.41) is 0. The van der Waals surface area contributed by atoms with Gasteiger partial charge in [0, 0.05) is 4.88 Å². The monoisotopic (exact) mass is 202 g/mol. The van der Waals surface area contributed by atoms with Crippen molar-refractivity contribution in [2.24, 2.45) is 0 Å². The minimum atomic E-state index is -3.96. The van der Waals surface area contributed by atoms with Gasteiger partial charge >= 0.3 is 39.7 Å². The Bertz CT molecular complexity index is 332. The van der Waals surface area contributed by atoms with E-state index in [1.807, 2.05) is 0 Å². The first-order valence-electron chi connectivity index (χ1n) is 2.54. The topological polar surface area (TPSA) is 54.4 Å². The van der Waals surface area contributed by atoms with E-state index in [4.69, 9.17) is 4.55 Å². The van der Waals surface area contributed by atoms with Crippen LogP contribution in [-0.4, -0.2) is 13.0 Å². The minimum absolute atomic E-state index is 0. The molecule has 0 aliphatic heterocycles. The Hall–Kier alpha value is 0.610. The second kappa shape index (κ2) is 4.02. The Morgan fingerprint density at radius 3 is 2.27 bits per heavy atom. The first-order valence-corrected chi connectivity index (χ1v) is 4.80. The predicted octanol–water partition coefficient (Wildman–Crippen LogP) is -1.58. The summed E-state index contributed by atoms with van der Waals surface area (Å²) in [6.07, 6.45) is 0. The molecule has 0 unspecified atom stereocenters. The van der Waals surface area contributed by atoms with Gasteiger partial charge in [-0.25, -0.2) is 0 Å². The van der Waals surface area contributed by atoms with Gasteiger partial charge in [-0.3, -0.25) is 4.55 Å². The second-order valence-corrected chi connectivity index (χ2v) is 4.78. The maximum Gasteiger partial charge on any atom is 1.00 e. The maximum atomic E-state index is 10.4. The smallest absolute Gasteiger partial charge is 1.00 e. The molecule has 1 heterocycles. The zero-order valence-electron chi connectivity index (χ0n) is 7.23. The molecule has 1 aromatic rings. The summed E-state index contributed by atoms with van der Waals surface area (Å²) in [4.78, 5) is 0.868. The molecule has 1 aromatic heterocycles. The summed E-state index contributed by atoms with van der Waals surface area (Å²) in [5.41, 5.74) is 0. The van der Waals surface area contributed by atoms with Crippen LogP contribution in [0.25, 0.3) is 0 Å². The van der Waals surface area contributed by atoms with Crippen LogP contribution in [0.3, 0.4) is 0 Å². The number of thiophene rings is 1. The van der Waals surface area contributed by atoms with Crippen molar-refractivity contribution >= 4 is 21.5 Å². The van der Waals surface area contributed by atoms with Gasteiger partial charge in [0.05, 0.1) is 0 Å². The zero-order chi connectivity index (χ0) is 7.78. The third-order valence-corrected chi connectivity index (χ3v) is 3.29. The first kappa shape index (κ1) is 11.6. The Kier molecular flexibility index (Phi) is 4.24. The van der Waals surface area contributed by atoms with Crippen LogP contribution in [0.5, 0.6) is 0 Å². The Labute approximate surface area is 93.0 Å². The zero-order valence-corrected chi connectivity index (χ0v) is 9.87. The van der Waals surface area contributed by atoms with Crippen LogP contribution in [0.4, 0.5) is 0 Å². The molecule has 0 amide bonds. The first-order chi connectivity index (χ1) is 4.50. The van der Waals surface area contributed by atoms with E-state index in [1.165, 1.54) is 6.07 Å². The maximum absolute atomic E-state index is 10.4. The summed E-state index contributed by atoms with van der Waals surface area (Å²) in [6.45, 7) is 1.78. The van der Waals surface area contributed by atoms with E-state index in [0.717, 1.165) is 16.2 Å². The quantitative estimate of drug-likeness (QED) is 0.442. The van der Waals surface area contributed by atoms with Crippen LogP contribution < -0.4 is 29.6 Å². The summed E-state index contributed by atoms with van der Waals surface area (Å²) in [7, 11) is -3.96. The van der Waals surface area contributed by atoms with Crippen molar-refractivity contribution in [3.8, 4) is 0 Å².